The number of hydrogen-bond donors (Lipinski definition) is 0. The first-order chi connectivity index (χ1) is 26.5. The van der Waals surface area contributed by atoms with Crippen LogP contribution in [0.15, 0.2) is 0 Å². The smallest absolute Gasteiger partial charge is 0.306 e. The third kappa shape index (κ3) is 42.4. The molecule has 0 bridgehead atoms. The molecule has 9 nitrogen and oxygen atoms in total. The van der Waals surface area contributed by atoms with E-state index < -0.39 is 26.5 Å². The fourth-order valence-corrected chi connectivity index (χ4v) is 7.44. The van der Waals surface area contributed by atoms with Gasteiger partial charge in [0.05, 0.1) is 27.7 Å². The quantitative estimate of drug-likeness (QED) is 0.0259. The van der Waals surface area contributed by atoms with E-state index in [-0.39, 0.29) is 32.0 Å². The summed E-state index contributed by atoms with van der Waals surface area (Å²) in [5, 5.41) is 0. The van der Waals surface area contributed by atoms with Gasteiger partial charge in [-0.2, -0.15) is 0 Å². The van der Waals surface area contributed by atoms with Gasteiger partial charge in [0.25, 0.3) is 7.82 Å². The molecule has 0 aliphatic carbocycles. The van der Waals surface area contributed by atoms with Crippen molar-refractivity contribution in [3.05, 3.63) is 0 Å². The second kappa shape index (κ2) is 38.5. The summed E-state index contributed by atoms with van der Waals surface area (Å²) in [7, 11) is 1.18. The van der Waals surface area contributed by atoms with Crippen LogP contribution >= 0.6 is 7.82 Å². The summed E-state index contributed by atoms with van der Waals surface area (Å²) in [6.45, 7) is 4.24. The molecule has 2 atom stereocenters. The van der Waals surface area contributed by atoms with Gasteiger partial charge in [-0.15, -0.1) is 0 Å². The zero-order valence-electron chi connectivity index (χ0n) is 36.9. The number of phosphoric ester groups is 1. The molecule has 0 saturated carbocycles. The fraction of sp³-hybridized carbons (Fsp3) is 0.956. The minimum Gasteiger partial charge on any atom is -0.756 e. The van der Waals surface area contributed by atoms with Crippen molar-refractivity contribution in [1.29, 1.82) is 0 Å². The highest BCUT2D eigenvalue weighted by molar-refractivity contribution is 7.45. The second-order valence-corrected chi connectivity index (χ2v) is 18.5. The lowest BCUT2D eigenvalue weighted by molar-refractivity contribution is -0.870. The topological polar surface area (TPSA) is 111 Å². The lowest BCUT2D eigenvalue weighted by Gasteiger charge is -2.28. The standard InChI is InChI=1S/C45H90NO8P/c1-6-8-10-12-14-16-17-18-19-20-21-22-23-24-25-26-27-28-30-32-34-36-38-45(48)54-43(42-53-55(49,50)52-40-39-46(3,4)5)41-51-44(47)37-35-33-31-29-15-13-11-9-7-2/h43H,6-42H2,1-5H3. The highest BCUT2D eigenvalue weighted by Gasteiger charge is 2.21. The summed E-state index contributed by atoms with van der Waals surface area (Å²) < 4.78 is 33.9. The molecular formula is C45H90NO8P. The number of phosphoric acid groups is 1. The second-order valence-electron chi connectivity index (χ2n) is 17.1. The molecule has 0 aromatic rings. The molecule has 328 valence electrons. The van der Waals surface area contributed by atoms with E-state index in [0.717, 1.165) is 32.1 Å². The van der Waals surface area contributed by atoms with E-state index in [1.165, 1.54) is 161 Å². The highest BCUT2D eigenvalue weighted by atomic mass is 31.2. The first-order valence-electron chi connectivity index (χ1n) is 23.2. The molecule has 0 fully saturated rings. The van der Waals surface area contributed by atoms with Gasteiger partial charge >= 0.3 is 11.9 Å². The third-order valence-corrected chi connectivity index (χ3v) is 11.3. The van der Waals surface area contributed by atoms with E-state index in [2.05, 4.69) is 13.8 Å². The molecule has 0 spiro atoms. The van der Waals surface area contributed by atoms with Crippen LogP contribution in [0.2, 0.25) is 0 Å². The summed E-state index contributed by atoms with van der Waals surface area (Å²) in [6.07, 6.45) is 38.6. The normalized spacial score (nSPS) is 13.5. The molecule has 0 heterocycles. The molecular weight excluding hydrogens is 713 g/mol. The molecule has 10 heteroatoms. The van der Waals surface area contributed by atoms with E-state index >= 15 is 0 Å². The van der Waals surface area contributed by atoms with Gasteiger partial charge < -0.3 is 27.9 Å². The Morgan fingerprint density at radius 3 is 1.16 bits per heavy atom. The number of likely N-dealkylation sites (N-methyl/N-ethyl adjacent to an activating group) is 1. The number of esters is 2. The molecule has 0 amide bonds. The number of carbonyl (C=O) groups is 2. The predicted octanol–water partition coefficient (Wildman–Crippen LogP) is 12.6. The molecule has 55 heavy (non-hydrogen) atoms. The Kier molecular flexibility index (Phi) is 37.8. The minimum atomic E-state index is -4.61. The Bertz CT molecular complexity index is 912. The van der Waals surface area contributed by atoms with Crippen molar-refractivity contribution in [1.82, 2.24) is 0 Å². The van der Waals surface area contributed by atoms with Crippen molar-refractivity contribution < 1.29 is 42.1 Å². The van der Waals surface area contributed by atoms with Crippen LogP contribution in [-0.4, -0.2) is 70.0 Å². The minimum absolute atomic E-state index is 0.0258. The van der Waals surface area contributed by atoms with Gasteiger partial charge in [0.15, 0.2) is 6.10 Å². The van der Waals surface area contributed by atoms with Crippen LogP contribution in [0.4, 0.5) is 0 Å². The highest BCUT2D eigenvalue weighted by Crippen LogP contribution is 2.38. The number of rotatable bonds is 43. The zero-order chi connectivity index (χ0) is 40.7. The van der Waals surface area contributed by atoms with Crippen molar-refractivity contribution in [2.45, 2.75) is 232 Å². The summed E-state index contributed by atoms with van der Waals surface area (Å²) in [5.74, 6) is -0.823. The Balaban J connectivity index is 4.15. The van der Waals surface area contributed by atoms with Gasteiger partial charge in [0.2, 0.25) is 0 Å². The molecule has 0 N–H and O–H groups in total. The van der Waals surface area contributed by atoms with E-state index in [4.69, 9.17) is 18.5 Å². The maximum absolute atomic E-state index is 12.7. The maximum atomic E-state index is 12.7. The SMILES string of the molecule is CCCCCCCCCCCCCCCCCCCCCCCCC(=O)OC(COC(=O)CCCCCCCCCCC)COP(=O)([O-])OCC[N+](C)(C)C. The van der Waals surface area contributed by atoms with Crippen LogP contribution < -0.4 is 4.89 Å². The summed E-state index contributed by atoms with van der Waals surface area (Å²) in [6, 6.07) is 0. The molecule has 0 aliphatic rings. The van der Waals surface area contributed by atoms with Crippen molar-refractivity contribution in [3.63, 3.8) is 0 Å². The van der Waals surface area contributed by atoms with Crippen molar-refractivity contribution in [2.24, 2.45) is 0 Å². The predicted molar refractivity (Wildman–Crippen MR) is 227 cm³/mol. The van der Waals surface area contributed by atoms with E-state index in [1.54, 1.807) is 0 Å². The van der Waals surface area contributed by atoms with Gasteiger partial charge in [-0.25, -0.2) is 0 Å². The fourth-order valence-electron chi connectivity index (χ4n) is 6.72. The molecule has 0 radical (unpaired) electrons. The van der Waals surface area contributed by atoms with E-state index in [9.17, 15) is 19.0 Å². The first kappa shape index (κ1) is 54.0. The molecule has 2 unspecified atom stereocenters. The van der Waals surface area contributed by atoms with Crippen LogP contribution in [0.5, 0.6) is 0 Å². The van der Waals surface area contributed by atoms with Crippen molar-refractivity contribution >= 4 is 19.8 Å². The van der Waals surface area contributed by atoms with Gasteiger partial charge in [-0.1, -0.05) is 200 Å². The monoisotopic (exact) mass is 804 g/mol. The number of nitrogens with zero attached hydrogens (tertiary/aromatic N) is 1. The Morgan fingerprint density at radius 2 is 0.818 bits per heavy atom. The van der Waals surface area contributed by atoms with Gasteiger partial charge in [-0.05, 0) is 12.8 Å². The van der Waals surface area contributed by atoms with Crippen LogP contribution in [-0.2, 0) is 32.7 Å². The van der Waals surface area contributed by atoms with Crippen molar-refractivity contribution in [3.8, 4) is 0 Å². The molecule has 0 aliphatic heterocycles. The first-order valence-corrected chi connectivity index (χ1v) is 24.7. The van der Waals surface area contributed by atoms with Crippen LogP contribution in [0, 0.1) is 0 Å². The van der Waals surface area contributed by atoms with Crippen LogP contribution in [0.3, 0.4) is 0 Å². The molecule has 0 aromatic carbocycles. The lowest BCUT2D eigenvalue weighted by Crippen LogP contribution is -2.37. The zero-order valence-corrected chi connectivity index (χ0v) is 37.8. The maximum Gasteiger partial charge on any atom is 0.306 e. The van der Waals surface area contributed by atoms with E-state index in [0.29, 0.717) is 17.4 Å². The van der Waals surface area contributed by atoms with Gasteiger partial charge in [0.1, 0.15) is 19.8 Å². The third-order valence-electron chi connectivity index (χ3n) is 10.4. The average molecular weight is 804 g/mol. The largest absolute Gasteiger partial charge is 0.756 e. The number of carbonyl (C=O) groups excluding carboxylic acids is 2. The summed E-state index contributed by atoms with van der Waals surface area (Å²) >= 11 is 0. The summed E-state index contributed by atoms with van der Waals surface area (Å²) in [5.41, 5.74) is 0. The molecule has 0 rings (SSSR count). The van der Waals surface area contributed by atoms with Crippen molar-refractivity contribution in [2.75, 3.05) is 47.5 Å². The Hall–Kier alpha value is -0.990. The molecule has 0 aromatic heterocycles. The van der Waals surface area contributed by atoms with Gasteiger partial charge in [-0.3, -0.25) is 14.2 Å². The number of quaternary nitrogens is 1. The van der Waals surface area contributed by atoms with E-state index in [1.807, 2.05) is 21.1 Å². The number of hydrogen-bond acceptors (Lipinski definition) is 8. The Morgan fingerprint density at radius 1 is 0.491 bits per heavy atom. The number of unbranched alkanes of at least 4 members (excludes halogenated alkanes) is 29. The van der Waals surface area contributed by atoms with Crippen LogP contribution in [0.1, 0.15) is 226 Å². The average Bonchev–Trinajstić information content (AvgIpc) is 3.13. The number of ether oxygens (including phenoxy) is 2. The summed E-state index contributed by atoms with van der Waals surface area (Å²) in [4.78, 5) is 37.4. The van der Waals surface area contributed by atoms with Crippen LogP contribution in [0.25, 0.3) is 0 Å². The lowest BCUT2D eigenvalue weighted by atomic mass is 10.0. The van der Waals surface area contributed by atoms with Gasteiger partial charge in [0, 0.05) is 12.8 Å². The Labute approximate surface area is 340 Å². The molecule has 0 saturated heterocycles.